The second-order valence-corrected chi connectivity index (χ2v) is 3.27. The number of carbonyl (C=O) groups is 2. The number of aliphatic carboxylic acids is 1. The van der Waals surface area contributed by atoms with Gasteiger partial charge in [0, 0.05) is 12.7 Å². The zero-order chi connectivity index (χ0) is 12.7. The van der Waals surface area contributed by atoms with E-state index in [1.165, 1.54) is 11.2 Å². The molecule has 1 heterocycles. The van der Waals surface area contributed by atoms with Gasteiger partial charge in [-0.2, -0.15) is 0 Å². The molecule has 0 unspecified atom stereocenters. The van der Waals surface area contributed by atoms with E-state index < -0.39 is 12.0 Å². The molecule has 0 aliphatic rings. The molecule has 0 aliphatic carbocycles. The highest BCUT2D eigenvalue weighted by atomic mass is 16.4. The summed E-state index contributed by atoms with van der Waals surface area (Å²) in [6.45, 7) is 1.98. The molecular formula is C10H14N4O3. The number of hydrogen-bond acceptors (Lipinski definition) is 4. The first-order valence-corrected chi connectivity index (χ1v) is 5.13. The predicted octanol–water partition coefficient (Wildman–Crippen LogP) is 0.0927. The Morgan fingerprint density at radius 1 is 1.53 bits per heavy atom. The number of urea groups is 1. The summed E-state index contributed by atoms with van der Waals surface area (Å²) in [6, 6.07) is 1.25. The van der Waals surface area contributed by atoms with Crippen molar-refractivity contribution in [2.45, 2.75) is 13.5 Å². The molecule has 0 atom stereocenters. The number of carboxylic acids is 1. The van der Waals surface area contributed by atoms with Crippen molar-refractivity contribution >= 4 is 12.0 Å². The average molecular weight is 238 g/mol. The Kier molecular flexibility index (Phi) is 4.86. The average Bonchev–Trinajstić information content (AvgIpc) is 2.34. The Labute approximate surface area is 98.5 Å². The van der Waals surface area contributed by atoms with E-state index in [4.69, 9.17) is 5.11 Å². The second kappa shape index (κ2) is 6.41. The highest BCUT2D eigenvalue weighted by molar-refractivity contribution is 5.79. The molecule has 0 bridgehead atoms. The number of amides is 2. The van der Waals surface area contributed by atoms with Crippen LogP contribution < -0.4 is 5.32 Å². The summed E-state index contributed by atoms with van der Waals surface area (Å²) >= 11 is 0. The van der Waals surface area contributed by atoms with E-state index in [9.17, 15) is 9.59 Å². The van der Waals surface area contributed by atoms with Gasteiger partial charge in [0.25, 0.3) is 0 Å². The maximum absolute atomic E-state index is 11.6. The molecule has 0 saturated carbocycles. The summed E-state index contributed by atoms with van der Waals surface area (Å²) in [4.78, 5) is 31.0. The monoisotopic (exact) mass is 238 g/mol. The van der Waals surface area contributed by atoms with Crippen LogP contribution >= 0.6 is 0 Å². The Bertz CT molecular complexity index is 382. The van der Waals surface area contributed by atoms with Crippen LogP contribution in [-0.4, -0.2) is 45.1 Å². The number of aromatic nitrogens is 2. The SMILES string of the molecule is CCN(CC(=O)O)C(=O)NCc1ccncn1. The van der Waals surface area contributed by atoms with Gasteiger partial charge in [0.1, 0.15) is 12.9 Å². The third kappa shape index (κ3) is 4.45. The van der Waals surface area contributed by atoms with Crippen LogP contribution in [0.1, 0.15) is 12.6 Å². The number of nitrogens with zero attached hydrogens (tertiary/aromatic N) is 3. The smallest absolute Gasteiger partial charge is 0.323 e. The number of hydrogen-bond donors (Lipinski definition) is 2. The van der Waals surface area contributed by atoms with Crippen molar-refractivity contribution in [1.82, 2.24) is 20.2 Å². The third-order valence-corrected chi connectivity index (χ3v) is 2.06. The Morgan fingerprint density at radius 2 is 2.29 bits per heavy atom. The summed E-state index contributed by atoms with van der Waals surface area (Å²) in [5.74, 6) is -1.04. The van der Waals surface area contributed by atoms with Gasteiger partial charge in [0.2, 0.25) is 0 Å². The molecule has 1 aromatic heterocycles. The van der Waals surface area contributed by atoms with E-state index in [-0.39, 0.29) is 13.1 Å². The maximum atomic E-state index is 11.6. The highest BCUT2D eigenvalue weighted by Crippen LogP contribution is 1.93. The first-order valence-electron chi connectivity index (χ1n) is 5.13. The van der Waals surface area contributed by atoms with Gasteiger partial charge in [-0.1, -0.05) is 0 Å². The lowest BCUT2D eigenvalue weighted by atomic mass is 10.4. The van der Waals surface area contributed by atoms with Gasteiger partial charge in [0.15, 0.2) is 0 Å². The summed E-state index contributed by atoms with van der Waals surface area (Å²) < 4.78 is 0. The fourth-order valence-corrected chi connectivity index (χ4v) is 1.19. The van der Waals surface area contributed by atoms with Crippen molar-refractivity contribution < 1.29 is 14.7 Å². The van der Waals surface area contributed by atoms with Crippen LogP contribution in [0.25, 0.3) is 0 Å². The number of rotatable bonds is 5. The number of carboxylic acid groups (broad SMARTS) is 1. The quantitative estimate of drug-likeness (QED) is 0.758. The third-order valence-electron chi connectivity index (χ3n) is 2.06. The summed E-state index contributed by atoms with van der Waals surface area (Å²) in [5, 5.41) is 11.2. The molecular weight excluding hydrogens is 224 g/mol. The molecule has 0 aromatic carbocycles. The lowest BCUT2D eigenvalue weighted by molar-refractivity contribution is -0.137. The van der Waals surface area contributed by atoms with E-state index >= 15 is 0 Å². The lowest BCUT2D eigenvalue weighted by Crippen LogP contribution is -2.42. The number of likely N-dealkylation sites (N-methyl/N-ethyl adjacent to an activating group) is 1. The highest BCUT2D eigenvalue weighted by Gasteiger charge is 2.14. The molecule has 7 heteroatoms. The molecule has 17 heavy (non-hydrogen) atoms. The molecule has 0 radical (unpaired) electrons. The Morgan fingerprint density at radius 3 is 2.82 bits per heavy atom. The summed E-state index contributed by atoms with van der Waals surface area (Å²) in [5.41, 5.74) is 0.666. The molecule has 1 rings (SSSR count). The van der Waals surface area contributed by atoms with Crippen molar-refractivity contribution in [2.24, 2.45) is 0 Å². The number of nitrogens with one attached hydrogen (secondary N) is 1. The Hall–Kier alpha value is -2.18. The van der Waals surface area contributed by atoms with Crippen LogP contribution in [0, 0.1) is 0 Å². The first kappa shape index (κ1) is 12.9. The van der Waals surface area contributed by atoms with Crippen LogP contribution in [0.3, 0.4) is 0 Å². The zero-order valence-corrected chi connectivity index (χ0v) is 9.46. The standard InChI is InChI=1S/C10H14N4O3/c1-2-14(6-9(15)16)10(17)12-5-8-3-4-11-7-13-8/h3-4,7H,2,5-6H2,1H3,(H,12,17)(H,15,16). The maximum Gasteiger partial charge on any atom is 0.323 e. The van der Waals surface area contributed by atoms with Gasteiger partial charge >= 0.3 is 12.0 Å². The lowest BCUT2D eigenvalue weighted by Gasteiger charge is -2.18. The predicted molar refractivity (Wildman–Crippen MR) is 59.2 cm³/mol. The summed E-state index contributed by atoms with van der Waals surface area (Å²) in [7, 11) is 0. The van der Waals surface area contributed by atoms with Gasteiger partial charge in [-0.3, -0.25) is 4.79 Å². The number of carbonyl (C=O) groups excluding carboxylic acids is 1. The molecule has 0 fully saturated rings. The fraction of sp³-hybridized carbons (Fsp3) is 0.400. The molecule has 0 aliphatic heterocycles. The minimum atomic E-state index is -1.04. The largest absolute Gasteiger partial charge is 0.480 e. The van der Waals surface area contributed by atoms with Gasteiger partial charge < -0.3 is 15.3 Å². The van der Waals surface area contributed by atoms with Crippen molar-refractivity contribution in [3.05, 3.63) is 24.3 Å². The molecule has 0 spiro atoms. The minimum Gasteiger partial charge on any atom is -0.480 e. The first-order chi connectivity index (χ1) is 8.13. The molecule has 2 N–H and O–H groups in total. The van der Waals surface area contributed by atoms with Gasteiger partial charge in [-0.05, 0) is 13.0 Å². The zero-order valence-electron chi connectivity index (χ0n) is 9.46. The normalized spacial score (nSPS) is 9.71. The van der Waals surface area contributed by atoms with E-state index in [0.717, 1.165) is 0 Å². The van der Waals surface area contributed by atoms with Gasteiger partial charge in [0.05, 0.1) is 12.2 Å². The van der Waals surface area contributed by atoms with E-state index in [2.05, 4.69) is 15.3 Å². The molecule has 2 amide bonds. The van der Waals surface area contributed by atoms with Crippen LogP contribution in [0.2, 0.25) is 0 Å². The minimum absolute atomic E-state index is 0.247. The van der Waals surface area contributed by atoms with E-state index in [0.29, 0.717) is 12.2 Å². The Balaban J connectivity index is 2.45. The van der Waals surface area contributed by atoms with E-state index in [1.54, 1.807) is 19.2 Å². The summed E-state index contributed by atoms with van der Waals surface area (Å²) in [6.07, 6.45) is 2.96. The molecule has 92 valence electrons. The fourth-order valence-electron chi connectivity index (χ4n) is 1.19. The van der Waals surface area contributed by atoms with E-state index in [1.807, 2.05) is 0 Å². The van der Waals surface area contributed by atoms with Crippen LogP contribution in [-0.2, 0) is 11.3 Å². The van der Waals surface area contributed by atoms with Crippen molar-refractivity contribution in [3.8, 4) is 0 Å². The van der Waals surface area contributed by atoms with Crippen LogP contribution in [0.15, 0.2) is 18.6 Å². The van der Waals surface area contributed by atoms with Crippen LogP contribution in [0.5, 0.6) is 0 Å². The van der Waals surface area contributed by atoms with Crippen molar-refractivity contribution in [3.63, 3.8) is 0 Å². The second-order valence-electron chi connectivity index (χ2n) is 3.27. The van der Waals surface area contributed by atoms with Gasteiger partial charge in [-0.15, -0.1) is 0 Å². The van der Waals surface area contributed by atoms with Crippen molar-refractivity contribution in [2.75, 3.05) is 13.1 Å². The molecule has 1 aromatic rings. The topological polar surface area (TPSA) is 95.4 Å². The van der Waals surface area contributed by atoms with Gasteiger partial charge in [-0.25, -0.2) is 14.8 Å². The van der Waals surface area contributed by atoms with Crippen LogP contribution in [0.4, 0.5) is 4.79 Å². The van der Waals surface area contributed by atoms with Crippen molar-refractivity contribution in [1.29, 1.82) is 0 Å². The molecule has 7 nitrogen and oxygen atoms in total. The molecule has 0 saturated heterocycles.